The second-order valence-corrected chi connectivity index (χ2v) is 8.97. The van der Waals surface area contributed by atoms with Crippen LogP contribution in [0.4, 0.5) is 0 Å². The van der Waals surface area contributed by atoms with Gasteiger partial charge in [0.15, 0.2) is 0 Å². The Morgan fingerprint density at radius 3 is 2.24 bits per heavy atom. The fourth-order valence-corrected chi connectivity index (χ4v) is 5.05. The van der Waals surface area contributed by atoms with Gasteiger partial charge in [-0.3, -0.25) is 0 Å². The predicted molar refractivity (Wildman–Crippen MR) is 84.2 cm³/mol. The van der Waals surface area contributed by atoms with Gasteiger partial charge in [-0.15, -0.1) is 0 Å². The number of hydrogen-bond acceptors (Lipinski definition) is 3. The third kappa shape index (κ3) is 4.41. The monoisotopic (exact) mass is 315 g/mol. The number of piperidine rings is 1. The zero-order valence-corrected chi connectivity index (χ0v) is 13.9. The van der Waals surface area contributed by atoms with Crippen molar-refractivity contribution in [3.8, 4) is 0 Å². The van der Waals surface area contributed by atoms with Crippen LogP contribution >= 0.6 is 0 Å². The molecule has 5 nitrogen and oxygen atoms in total. The van der Waals surface area contributed by atoms with Crippen LogP contribution in [-0.4, -0.2) is 44.4 Å². The summed E-state index contributed by atoms with van der Waals surface area (Å²) < 4.78 is 29.4. The lowest BCUT2D eigenvalue weighted by Crippen LogP contribution is -2.48. The van der Waals surface area contributed by atoms with Crippen molar-refractivity contribution in [1.29, 1.82) is 0 Å². The third-order valence-corrected chi connectivity index (χ3v) is 6.87. The van der Waals surface area contributed by atoms with E-state index < -0.39 is 10.2 Å². The molecule has 3 aliphatic rings. The Labute approximate surface area is 129 Å². The van der Waals surface area contributed by atoms with Crippen LogP contribution in [0, 0.1) is 11.8 Å². The van der Waals surface area contributed by atoms with E-state index in [-0.39, 0.29) is 6.04 Å². The number of nitrogens with zero attached hydrogens (tertiary/aromatic N) is 1. The molecule has 0 amide bonds. The highest BCUT2D eigenvalue weighted by atomic mass is 32.2. The van der Waals surface area contributed by atoms with Gasteiger partial charge >= 0.3 is 0 Å². The van der Waals surface area contributed by atoms with Crippen LogP contribution in [0.5, 0.6) is 0 Å². The summed E-state index contributed by atoms with van der Waals surface area (Å²) in [5.74, 6) is 1.29. The summed E-state index contributed by atoms with van der Waals surface area (Å²) in [5.41, 5.74) is 0. The first-order valence-electron chi connectivity index (χ1n) is 8.53. The van der Waals surface area contributed by atoms with E-state index in [9.17, 15) is 8.42 Å². The fraction of sp³-hybridized carbons (Fsp3) is 1.00. The molecule has 0 aromatic heterocycles. The molecule has 2 saturated carbocycles. The summed E-state index contributed by atoms with van der Waals surface area (Å²) in [4.78, 5) is 0. The van der Waals surface area contributed by atoms with Gasteiger partial charge in [-0.05, 0) is 63.3 Å². The SMILES string of the molecule is CC1CCC(NS(=O)(=O)N2CCC(CNC3CC3)CC2)C1. The Hall–Kier alpha value is -0.170. The summed E-state index contributed by atoms with van der Waals surface area (Å²) >= 11 is 0. The van der Waals surface area contributed by atoms with E-state index in [1.165, 1.54) is 12.8 Å². The highest BCUT2D eigenvalue weighted by Crippen LogP contribution is 2.26. The molecule has 2 aliphatic carbocycles. The van der Waals surface area contributed by atoms with Crippen LogP contribution in [0.25, 0.3) is 0 Å². The van der Waals surface area contributed by atoms with E-state index in [2.05, 4.69) is 17.0 Å². The maximum Gasteiger partial charge on any atom is 0.279 e. The molecule has 2 atom stereocenters. The van der Waals surface area contributed by atoms with Crippen molar-refractivity contribution in [3.63, 3.8) is 0 Å². The third-order valence-electron chi connectivity index (χ3n) is 5.20. The smallest absolute Gasteiger partial charge is 0.279 e. The topological polar surface area (TPSA) is 61.4 Å². The van der Waals surface area contributed by atoms with Gasteiger partial charge in [0.05, 0.1) is 0 Å². The summed E-state index contributed by atoms with van der Waals surface area (Å²) in [7, 11) is -3.27. The van der Waals surface area contributed by atoms with Gasteiger partial charge in [0.1, 0.15) is 0 Å². The molecule has 0 aromatic rings. The van der Waals surface area contributed by atoms with Crippen molar-refractivity contribution in [2.75, 3.05) is 19.6 Å². The summed E-state index contributed by atoms with van der Waals surface area (Å²) in [6.07, 6.45) is 7.72. The Bertz CT molecular complexity index is 442. The molecule has 2 unspecified atom stereocenters. The van der Waals surface area contributed by atoms with Crippen molar-refractivity contribution >= 4 is 10.2 Å². The summed E-state index contributed by atoms with van der Waals surface area (Å²) in [6.45, 7) is 4.61. The molecule has 1 heterocycles. The van der Waals surface area contributed by atoms with Gasteiger partial charge in [0, 0.05) is 25.2 Å². The standard InChI is InChI=1S/C15H29N3O2S/c1-12-2-3-15(10-12)17-21(19,20)18-8-6-13(7-9-18)11-16-14-4-5-14/h12-17H,2-11H2,1H3. The Kier molecular flexibility index (Phi) is 4.88. The molecule has 1 saturated heterocycles. The van der Waals surface area contributed by atoms with Crippen LogP contribution in [0.1, 0.15) is 51.9 Å². The molecular formula is C15H29N3O2S. The van der Waals surface area contributed by atoms with Crippen LogP contribution in [0.3, 0.4) is 0 Å². The molecule has 3 rings (SSSR count). The zero-order valence-electron chi connectivity index (χ0n) is 13.1. The first kappa shape index (κ1) is 15.7. The largest absolute Gasteiger partial charge is 0.314 e. The normalized spacial score (nSPS) is 32.6. The molecule has 1 aliphatic heterocycles. The molecule has 0 bridgehead atoms. The quantitative estimate of drug-likeness (QED) is 0.780. The van der Waals surface area contributed by atoms with Crippen molar-refractivity contribution in [2.24, 2.45) is 11.8 Å². The lowest BCUT2D eigenvalue weighted by Gasteiger charge is -2.32. The lowest BCUT2D eigenvalue weighted by molar-refractivity contribution is 0.263. The van der Waals surface area contributed by atoms with Gasteiger partial charge in [0.25, 0.3) is 10.2 Å². The molecule has 0 radical (unpaired) electrons. The summed E-state index contributed by atoms with van der Waals surface area (Å²) in [5, 5.41) is 3.56. The minimum atomic E-state index is -3.27. The van der Waals surface area contributed by atoms with E-state index >= 15 is 0 Å². The molecular weight excluding hydrogens is 286 g/mol. The van der Waals surface area contributed by atoms with Crippen LogP contribution in [0.2, 0.25) is 0 Å². The fourth-order valence-electron chi connectivity index (χ4n) is 3.57. The van der Waals surface area contributed by atoms with Crippen LogP contribution in [0.15, 0.2) is 0 Å². The molecule has 0 aromatic carbocycles. The van der Waals surface area contributed by atoms with Crippen LogP contribution < -0.4 is 10.0 Å². The average Bonchev–Trinajstić information content (AvgIpc) is 3.20. The Balaban J connectivity index is 1.43. The van der Waals surface area contributed by atoms with Gasteiger partial charge in [-0.25, -0.2) is 0 Å². The van der Waals surface area contributed by atoms with Crippen molar-refractivity contribution in [1.82, 2.24) is 14.3 Å². The number of nitrogens with one attached hydrogen (secondary N) is 2. The van der Waals surface area contributed by atoms with Crippen LogP contribution in [-0.2, 0) is 10.2 Å². The molecule has 21 heavy (non-hydrogen) atoms. The Morgan fingerprint density at radius 2 is 1.67 bits per heavy atom. The molecule has 122 valence electrons. The van der Waals surface area contributed by atoms with E-state index in [1.807, 2.05) is 0 Å². The summed E-state index contributed by atoms with van der Waals surface area (Å²) in [6, 6.07) is 0.900. The maximum absolute atomic E-state index is 12.4. The van der Waals surface area contributed by atoms with Gasteiger partial charge in [-0.1, -0.05) is 6.92 Å². The Morgan fingerprint density at radius 1 is 1.00 bits per heavy atom. The zero-order chi connectivity index (χ0) is 14.9. The second-order valence-electron chi connectivity index (χ2n) is 7.26. The van der Waals surface area contributed by atoms with Gasteiger partial charge in [-0.2, -0.15) is 17.4 Å². The minimum Gasteiger partial charge on any atom is -0.314 e. The molecule has 6 heteroatoms. The van der Waals surface area contributed by atoms with Gasteiger partial charge in [0.2, 0.25) is 0 Å². The van der Waals surface area contributed by atoms with Crippen molar-refractivity contribution < 1.29 is 8.42 Å². The molecule has 0 spiro atoms. The first-order chi connectivity index (χ1) is 10.0. The maximum atomic E-state index is 12.4. The molecule has 2 N–H and O–H groups in total. The van der Waals surface area contributed by atoms with E-state index in [0.29, 0.717) is 24.9 Å². The molecule has 3 fully saturated rings. The highest BCUT2D eigenvalue weighted by Gasteiger charge is 2.32. The second kappa shape index (κ2) is 6.52. The predicted octanol–water partition coefficient (Wildman–Crippen LogP) is 1.47. The first-order valence-corrected chi connectivity index (χ1v) is 9.98. The highest BCUT2D eigenvalue weighted by molar-refractivity contribution is 7.87. The number of hydrogen-bond donors (Lipinski definition) is 2. The van der Waals surface area contributed by atoms with E-state index in [1.54, 1.807) is 4.31 Å². The minimum absolute atomic E-state index is 0.152. The van der Waals surface area contributed by atoms with Crippen molar-refractivity contribution in [2.45, 2.75) is 64.0 Å². The average molecular weight is 315 g/mol. The van der Waals surface area contributed by atoms with Crippen molar-refractivity contribution in [3.05, 3.63) is 0 Å². The van der Waals surface area contributed by atoms with Gasteiger partial charge < -0.3 is 5.32 Å². The van der Waals surface area contributed by atoms with E-state index in [4.69, 9.17) is 0 Å². The van der Waals surface area contributed by atoms with E-state index in [0.717, 1.165) is 44.7 Å². The lowest BCUT2D eigenvalue weighted by atomic mass is 9.98. The number of rotatable bonds is 6.